The van der Waals surface area contributed by atoms with Crippen molar-refractivity contribution >= 4 is 11.6 Å². The van der Waals surface area contributed by atoms with Crippen molar-refractivity contribution in [1.29, 1.82) is 0 Å². The summed E-state index contributed by atoms with van der Waals surface area (Å²) in [6, 6.07) is 8.72. The highest BCUT2D eigenvalue weighted by molar-refractivity contribution is 5.80. The summed E-state index contributed by atoms with van der Waals surface area (Å²) in [6.07, 6.45) is 7.38. The van der Waals surface area contributed by atoms with Gasteiger partial charge in [-0.15, -0.1) is 0 Å². The Labute approximate surface area is 128 Å². The molecule has 21 heavy (non-hydrogen) atoms. The molecule has 1 fully saturated rings. The van der Waals surface area contributed by atoms with Crippen LogP contribution in [0.4, 0.5) is 5.69 Å². The van der Waals surface area contributed by atoms with Crippen LogP contribution in [0.25, 0.3) is 0 Å². The minimum absolute atomic E-state index is 0.106. The first kappa shape index (κ1) is 15.9. The van der Waals surface area contributed by atoms with E-state index in [1.165, 1.54) is 31.2 Å². The monoisotopic (exact) mass is 288 g/mol. The second-order valence-corrected chi connectivity index (χ2v) is 6.39. The lowest BCUT2D eigenvalue weighted by Gasteiger charge is -2.16. The predicted molar refractivity (Wildman–Crippen MR) is 88.7 cm³/mol. The van der Waals surface area contributed by atoms with Crippen molar-refractivity contribution in [3.63, 3.8) is 0 Å². The Morgan fingerprint density at radius 1 is 1.10 bits per heavy atom. The van der Waals surface area contributed by atoms with Crippen LogP contribution in [0.15, 0.2) is 24.3 Å². The maximum Gasteiger partial charge on any atom is 0.239 e. The lowest BCUT2D eigenvalue weighted by Crippen LogP contribution is -2.38. The second kappa shape index (κ2) is 8.06. The van der Waals surface area contributed by atoms with Gasteiger partial charge in [-0.3, -0.25) is 4.79 Å². The minimum atomic E-state index is 0.106. The van der Waals surface area contributed by atoms with Gasteiger partial charge in [-0.05, 0) is 36.5 Å². The summed E-state index contributed by atoms with van der Waals surface area (Å²) in [4.78, 5) is 12.0. The molecule has 0 radical (unpaired) electrons. The van der Waals surface area contributed by atoms with E-state index in [2.05, 4.69) is 36.6 Å². The van der Waals surface area contributed by atoms with Gasteiger partial charge >= 0.3 is 0 Å². The zero-order valence-electron chi connectivity index (χ0n) is 13.3. The van der Waals surface area contributed by atoms with E-state index in [9.17, 15) is 4.79 Å². The zero-order chi connectivity index (χ0) is 15.1. The van der Waals surface area contributed by atoms with E-state index < -0.39 is 0 Å². The summed E-state index contributed by atoms with van der Waals surface area (Å²) in [7, 11) is 0. The van der Waals surface area contributed by atoms with Gasteiger partial charge in [-0.2, -0.15) is 0 Å². The van der Waals surface area contributed by atoms with E-state index >= 15 is 0 Å². The van der Waals surface area contributed by atoms with E-state index in [-0.39, 0.29) is 5.91 Å². The van der Waals surface area contributed by atoms with Crippen LogP contribution in [-0.2, 0) is 4.79 Å². The Morgan fingerprint density at radius 2 is 1.71 bits per heavy atom. The van der Waals surface area contributed by atoms with E-state index in [4.69, 9.17) is 0 Å². The van der Waals surface area contributed by atoms with Gasteiger partial charge in [0.15, 0.2) is 0 Å². The number of hydrogen-bond acceptors (Lipinski definition) is 2. The van der Waals surface area contributed by atoms with Gasteiger partial charge in [0.05, 0.1) is 6.54 Å². The smallest absolute Gasteiger partial charge is 0.239 e. The predicted octanol–water partition coefficient (Wildman–Crippen LogP) is 4.06. The third-order valence-electron chi connectivity index (χ3n) is 4.25. The van der Waals surface area contributed by atoms with Crippen molar-refractivity contribution in [1.82, 2.24) is 5.32 Å². The van der Waals surface area contributed by atoms with E-state index in [1.807, 2.05) is 12.1 Å². The molecule has 2 N–H and O–H groups in total. The lowest BCUT2D eigenvalue weighted by atomic mass is 10.0. The topological polar surface area (TPSA) is 41.1 Å². The molecule has 0 bridgehead atoms. The maximum absolute atomic E-state index is 12.0. The van der Waals surface area contributed by atoms with Crippen molar-refractivity contribution in [3.8, 4) is 0 Å². The summed E-state index contributed by atoms with van der Waals surface area (Å²) in [5.41, 5.74) is 2.33. The first-order valence-corrected chi connectivity index (χ1v) is 8.28. The van der Waals surface area contributed by atoms with Crippen LogP contribution in [0.3, 0.4) is 0 Å². The van der Waals surface area contributed by atoms with E-state index in [0.29, 0.717) is 18.5 Å². The van der Waals surface area contributed by atoms with Gasteiger partial charge in [0.25, 0.3) is 0 Å². The van der Waals surface area contributed by atoms with Gasteiger partial charge < -0.3 is 10.6 Å². The fourth-order valence-electron chi connectivity index (χ4n) is 2.87. The number of nitrogens with one attached hydrogen (secondary N) is 2. The molecule has 1 saturated carbocycles. The molecule has 1 aliphatic rings. The molecule has 1 aromatic rings. The van der Waals surface area contributed by atoms with Gasteiger partial charge in [-0.1, -0.05) is 51.7 Å². The SMILES string of the molecule is CC(C)c1ccc(NCC(=O)NC2CCCCCC2)cc1. The number of carbonyl (C=O) groups is 1. The molecule has 1 amide bonds. The van der Waals surface area contributed by atoms with Crippen LogP contribution >= 0.6 is 0 Å². The Bertz CT molecular complexity index is 431. The number of carbonyl (C=O) groups excluding carboxylic acids is 1. The summed E-state index contributed by atoms with van der Waals surface area (Å²) in [5, 5.41) is 6.36. The van der Waals surface area contributed by atoms with Crippen LogP contribution < -0.4 is 10.6 Å². The molecule has 1 aliphatic carbocycles. The molecule has 116 valence electrons. The average Bonchev–Trinajstić information content (AvgIpc) is 2.74. The highest BCUT2D eigenvalue weighted by atomic mass is 16.1. The molecule has 0 aliphatic heterocycles. The Hall–Kier alpha value is -1.51. The summed E-state index contributed by atoms with van der Waals surface area (Å²) >= 11 is 0. The van der Waals surface area contributed by atoms with E-state index in [0.717, 1.165) is 18.5 Å². The number of benzene rings is 1. The highest BCUT2D eigenvalue weighted by Crippen LogP contribution is 2.18. The van der Waals surface area contributed by atoms with Crippen LogP contribution in [0, 0.1) is 0 Å². The van der Waals surface area contributed by atoms with Crippen molar-refractivity contribution in [2.24, 2.45) is 0 Å². The Kier molecular flexibility index (Phi) is 6.09. The largest absolute Gasteiger partial charge is 0.376 e. The van der Waals surface area contributed by atoms with Crippen LogP contribution in [-0.4, -0.2) is 18.5 Å². The fourth-order valence-corrected chi connectivity index (χ4v) is 2.87. The first-order valence-electron chi connectivity index (χ1n) is 8.28. The van der Waals surface area contributed by atoms with E-state index in [1.54, 1.807) is 0 Å². The lowest BCUT2D eigenvalue weighted by molar-refractivity contribution is -0.120. The molecule has 3 heteroatoms. The van der Waals surface area contributed by atoms with Crippen LogP contribution in [0.2, 0.25) is 0 Å². The molecule has 1 aromatic carbocycles. The highest BCUT2D eigenvalue weighted by Gasteiger charge is 2.14. The summed E-state index contributed by atoms with van der Waals surface area (Å²) < 4.78 is 0. The average molecular weight is 288 g/mol. The third-order valence-corrected chi connectivity index (χ3v) is 4.25. The molecule has 0 heterocycles. The van der Waals surface area contributed by atoms with Gasteiger partial charge in [-0.25, -0.2) is 0 Å². The molecule has 3 nitrogen and oxygen atoms in total. The van der Waals surface area contributed by atoms with Crippen molar-refractivity contribution < 1.29 is 4.79 Å². The standard InChI is InChI=1S/C18H28N2O/c1-14(2)15-9-11-16(12-10-15)19-13-18(21)20-17-7-5-3-4-6-8-17/h9-12,14,17,19H,3-8,13H2,1-2H3,(H,20,21). The molecular weight excluding hydrogens is 260 g/mol. The molecule has 2 rings (SSSR count). The third kappa shape index (κ3) is 5.41. The summed E-state index contributed by atoms with van der Waals surface area (Å²) in [5.74, 6) is 0.646. The molecule has 0 aromatic heterocycles. The van der Waals surface area contributed by atoms with Gasteiger partial charge in [0.2, 0.25) is 5.91 Å². The number of rotatable bonds is 5. The number of anilines is 1. The Balaban J connectivity index is 1.75. The quantitative estimate of drug-likeness (QED) is 0.802. The van der Waals surface area contributed by atoms with Crippen molar-refractivity contribution in [2.45, 2.75) is 64.3 Å². The second-order valence-electron chi connectivity index (χ2n) is 6.39. The first-order chi connectivity index (χ1) is 10.1. The van der Waals surface area contributed by atoms with Gasteiger partial charge in [0, 0.05) is 11.7 Å². The molecule has 0 atom stereocenters. The van der Waals surface area contributed by atoms with Crippen LogP contribution in [0.5, 0.6) is 0 Å². The normalized spacial score (nSPS) is 16.5. The Morgan fingerprint density at radius 3 is 2.29 bits per heavy atom. The zero-order valence-corrected chi connectivity index (χ0v) is 13.3. The summed E-state index contributed by atoms with van der Waals surface area (Å²) in [6.45, 7) is 4.72. The van der Waals surface area contributed by atoms with Crippen LogP contribution in [0.1, 0.15) is 63.9 Å². The molecule has 0 unspecified atom stereocenters. The molecule has 0 saturated heterocycles. The molecular formula is C18H28N2O. The maximum atomic E-state index is 12.0. The number of hydrogen-bond donors (Lipinski definition) is 2. The van der Waals surface area contributed by atoms with Gasteiger partial charge in [0.1, 0.15) is 0 Å². The van der Waals surface area contributed by atoms with Crippen molar-refractivity contribution in [2.75, 3.05) is 11.9 Å². The minimum Gasteiger partial charge on any atom is -0.376 e. The molecule has 0 spiro atoms. The fraction of sp³-hybridized carbons (Fsp3) is 0.611. The van der Waals surface area contributed by atoms with Crippen molar-refractivity contribution in [3.05, 3.63) is 29.8 Å². The number of amides is 1.